The molecule has 1 fully saturated rings. The third kappa shape index (κ3) is 3.78. The Hall–Kier alpha value is -2.21. The van der Waals surface area contributed by atoms with Crippen molar-refractivity contribution in [2.24, 2.45) is 5.92 Å². The summed E-state index contributed by atoms with van der Waals surface area (Å²) in [6.07, 6.45) is 7.20. The summed E-state index contributed by atoms with van der Waals surface area (Å²) in [7, 11) is 0. The SMILES string of the molecule is CC1CCc2c(sc(NC(=O)C3(c4ccc(Cl)cc4)CCCC3)c2-c2nc3ccccc3s2)C1. The number of carbonyl (C=O) groups excluding carboxylic acids is 1. The van der Waals surface area contributed by atoms with Crippen molar-refractivity contribution < 1.29 is 4.79 Å². The van der Waals surface area contributed by atoms with Gasteiger partial charge in [0.15, 0.2) is 0 Å². The van der Waals surface area contributed by atoms with Crippen LogP contribution in [0.3, 0.4) is 0 Å². The zero-order valence-corrected chi connectivity index (χ0v) is 21.6. The van der Waals surface area contributed by atoms with Crippen molar-refractivity contribution in [1.29, 1.82) is 0 Å². The molecule has 4 aromatic rings. The van der Waals surface area contributed by atoms with E-state index in [0.717, 1.165) is 65.2 Å². The number of thiazole rings is 1. The van der Waals surface area contributed by atoms with Crippen LogP contribution in [0.25, 0.3) is 20.8 Å². The van der Waals surface area contributed by atoms with E-state index in [4.69, 9.17) is 16.6 Å². The first kappa shape index (κ1) is 22.3. The molecule has 2 aliphatic rings. The second kappa shape index (κ2) is 8.78. The van der Waals surface area contributed by atoms with Crippen molar-refractivity contribution in [2.75, 3.05) is 5.32 Å². The number of hydrogen-bond acceptors (Lipinski definition) is 4. The van der Waals surface area contributed by atoms with Crippen LogP contribution in [0.5, 0.6) is 0 Å². The molecule has 1 saturated carbocycles. The summed E-state index contributed by atoms with van der Waals surface area (Å²) >= 11 is 9.66. The zero-order chi connectivity index (χ0) is 23.3. The summed E-state index contributed by atoms with van der Waals surface area (Å²) in [5.41, 5.74) is 4.16. The predicted molar refractivity (Wildman–Crippen MR) is 144 cm³/mol. The van der Waals surface area contributed by atoms with Crippen LogP contribution in [-0.4, -0.2) is 10.9 Å². The largest absolute Gasteiger partial charge is 0.316 e. The fourth-order valence-corrected chi connectivity index (χ4v) is 8.30. The lowest BCUT2D eigenvalue weighted by molar-refractivity contribution is -0.121. The van der Waals surface area contributed by atoms with Gasteiger partial charge < -0.3 is 5.32 Å². The van der Waals surface area contributed by atoms with Gasteiger partial charge in [-0.15, -0.1) is 22.7 Å². The molecular weight excluding hydrogens is 480 g/mol. The number of anilines is 1. The Bertz CT molecular complexity index is 1330. The summed E-state index contributed by atoms with van der Waals surface area (Å²) < 4.78 is 1.19. The number of benzene rings is 2. The van der Waals surface area contributed by atoms with Crippen LogP contribution >= 0.6 is 34.3 Å². The molecule has 1 N–H and O–H groups in total. The monoisotopic (exact) mass is 506 g/mol. The van der Waals surface area contributed by atoms with Gasteiger partial charge in [-0.1, -0.05) is 55.6 Å². The van der Waals surface area contributed by atoms with Gasteiger partial charge in [-0.2, -0.15) is 0 Å². The Morgan fingerprint density at radius 2 is 1.85 bits per heavy atom. The van der Waals surface area contributed by atoms with Crippen LogP contribution in [-0.2, 0) is 23.1 Å². The lowest BCUT2D eigenvalue weighted by atomic mass is 9.78. The molecule has 1 amide bonds. The van der Waals surface area contributed by atoms with Gasteiger partial charge in [0.1, 0.15) is 10.0 Å². The minimum absolute atomic E-state index is 0.112. The minimum Gasteiger partial charge on any atom is -0.316 e. The van der Waals surface area contributed by atoms with Crippen LogP contribution in [0.1, 0.15) is 55.0 Å². The maximum Gasteiger partial charge on any atom is 0.235 e. The number of nitrogens with one attached hydrogen (secondary N) is 1. The molecule has 0 spiro atoms. The van der Waals surface area contributed by atoms with Crippen LogP contribution in [0, 0.1) is 5.92 Å². The number of aromatic nitrogens is 1. The van der Waals surface area contributed by atoms with Crippen molar-refractivity contribution in [1.82, 2.24) is 4.98 Å². The summed E-state index contributed by atoms with van der Waals surface area (Å²) in [5.74, 6) is 0.787. The number of nitrogens with zero attached hydrogens (tertiary/aromatic N) is 1. The van der Waals surface area contributed by atoms with E-state index in [2.05, 4.69) is 30.4 Å². The maximum atomic E-state index is 14.0. The number of carbonyl (C=O) groups is 1. The van der Waals surface area contributed by atoms with Gasteiger partial charge in [-0.3, -0.25) is 4.79 Å². The molecule has 1 unspecified atom stereocenters. The van der Waals surface area contributed by atoms with Gasteiger partial charge in [0.2, 0.25) is 5.91 Å². The molecular formula is C28H27ClN2OS2. The van der Waals surface area contributed by atoms with E-state index in [1.165, 1.54) is 21.6 Å². The normalized spacial score (nSPS) is 19.3. The van der Waals surface area contributed by atoms with Gasteiger partial charge in [0, 0.05) is 15.5 Å². The molecule has 0 radical (unpaired) electrons. The molecule has 0 saturated heterocycles. The summed E-state index contributed by atoms with van der Waals surface area (Å²) in [4.78, 5) is 20.4. The van der Waals surface area contributed by atoms with Gasteiger partial charge in [0.25, 0.3) is 0 Å². The molecule has 0 aliphatic heterocycles. The molecule has 1 atom stereocenters. The topological polar surface area (TPSA) is 42.0 Å². The van der Waals surface area contributed by atoms with Gasteiger partial charge >= 0.3 is 0 Å². The Balaban J connectivity index is 1.43. The van der Waals surface area contributed by atoms with Gasteiger partial charge in [0.05, 0.1) is 15.6 Å². The van der Waals surface area contributed by atoms with Crippen molar-refractivity contribution in [3.05, 3.63) is 69.6 Å². The first-order chi connectivity index (χ1) is 16.5. The molecule has 2 aromatic carbocycles. The third-order valence-corrected chi connectivity index (χ3v) is 10.0. The summed E-state index contributed by atoms with van der Waals surface area (Å²) in [6, 6.07) is 16.2. The number of thiophene rings is 1. The number of fused-ring (bicyclic) bond motifs is 2. The molecule has 0 bridgehead atoms. The van der Waals surface area contributed by atoms with Crippen molar-refractivity contribution in [2.45, 2.75) is 57.3 Å². The van der Waals surface area contributed by atoms with E-state index in [-0.39, 0.29) is 5.91 Å². The zero-order valence-electron chi connectivity index (χ0n) is 19.2. The van der Waals surface area contributed by atoms with Crippen LogP contribution < -0.4 is 5.32 Å². The highest BCUT2D eigenvalue weighted by molar-refractivity contribution is 7.23. The number of para-hydroxylation sites is 1. The Kier molecular flexibility index (Phi) is 5.75. The highest BCUT2D eigenvalue weighted by Gasteiger charge is 2.43. The molecule has 34 heavy (non-hydrogen) atoms. The van der Waals surface area contributed by atoms with Crippen molar-refractivity contribution in [3.8, 4) is 10.6 Å². The average Bonchev–Trinajstić information content (AvgIpc) is 3.56. The molecule has 6 rings (SSSR count). The standard InChI is InChI=1S/C28H27ClN2OS2/c1-17-8-13-20-23(16-17)34-26(24(20)25-30-21-6-2-3-7-22(21)33-25)31-27(32)28(14-4-5-15-28)18-9-11-19(29)12-10-18/h2-3,6-7,9-12,17H,4-5,8,13-16H2,1H3,(H,31,32). The Morgan fingerprint density at radius 3 is 2.62 bits per heavy atom. The molecule has 174 valence electrons. The Morgan fingerprint density at radius 1 is 1.09 bits per heavy atom. The lowest BCUT2D eigenvalue weighted by Crippen LogP contribution is -2.37. The maximum absolute atomic E-state index is 14.0. The molecule has 2 heterocycles. The second-order valence-electron chi connectivity index (χ2n) is 9.79. The van der Waals surface area contributed by atoms with E-state index in [9.17, 15) is 4.79 Å². The first-order valence-electron chi connectivity index (χ1n) is 12.1. The third-order valence-electron chi connectivity index (χ3n) is 7.54. The van der Waals surface area contributed by atoms with E-state index in [1.54, 1.807) is 22.7 Å². The Labute approximate surface area is 213 Å². The number of amides is 1. The van der Waals surface area contributed by atoms with Crippen LogP contribution in [0.2, 0.25) is 5.02 Å². The summed E-state index contributed by atoms with van der Waals surface area (Å²) in [6.45, 7) is 2.33. The van der Waals surface area contributed by atoms with Crippen LogP contribution in [0.4, 0.5) is 5.00 Å². The van der Waals surface area contributed by atoms with Crippen molar-refractivity contribution >= 4 is 55.4 Å². The smallest absolute Gasteiger partial charge is 0.235 e. The summed E-state index contributed by atoms with van der Waals surface area (Å²) in [5, 5.41) is 6.14. The quantitative estimate of drug-likeness (QED) is 0.302. The minimum atomic E-state index is -0.493. The number of halogens is 1. The fourth-order valence-electron chi connectivity index (χ4n) is 5.66. The van der Waals surface area contributed by atoms with E-state index in [0.29, 0.717) is 10.9 Å². The second-order valence-corrected chi connectivity index (χ2v) is 12.4. The average molecular weight is 507 g/mol. The molecule has 3 nitrogen and oxygen atoms in total. The van der Waals surface area contributed by atoms with Crippen molar-refractivity contribution in [3.63, 3.8) is 0 Å². The van der Waals surface area contributed by atoms with Crippen LogP contribution in [0.15, 0.2) is 48.5 Å². The van der Waals surface area contributed by atoms with E-state index in [1.807, 2.05) is 30.3 Å². The predicted octanol–water partition coefficient (Wildman–Crippen LogP) is 8.25. The number of rotatable bonds is 4. The lowest BCUT2D eigenvalue weighted by Gasteiger charge is -2.28. The first-order valence-corrected chi connectivity index (χ1v) is 14.1. The van der Waals surface area contributed by atoms with E-state index < -0.39 is 5.41 Å². The van der Waals surface area contributed by atoms with E-state index >= 15 is 0 Å². The molecule has 2 aromatic heterocycles. The highest BCUT2D eigenvalue weighted by atomic mass is 35.5. The highest BCUT2D eigenvalue weighted by Crippen LogP contribution is 2.49. The molecule has 2 aliphatic carbocycles. The number of hydrogen-bond donors (Lipinski definition) is 1. The van der Waals surface area contributed by atoms with Gasteiger partial charge in [-0.05, 0) is 73.4 Å². The molecule has 6 heteroatoms. The fraction of sp³-hybridized carbons (Fsp3) is 0.357. The van der Waals surface area contributed by atoms with Gasteiger partial charge in [-0.25, -0.2) is 4.98 Å².